The largest absolute Gasteiger partial charge is 0.305 e. The lowest BCUT2D eigenvalue weighted by Crippen LogP contribution is -2.55. The molecule has 0 spiro atoms. The normalized spacial score (nSPS) is 34.5. The molecule has 2 bridgehead atoms. The molecule has 4 rings (SSSR count). The van der Waals surface area contributed by atoms with Crippen molar-refractivity contribution in [1.82, 2.24) is 30.8 Å². The van der Waals surface area contributed by atoms with Gasteiger partial charge in [-0.2, -0.15) is 5.21 Å². The van der Waals surface area contributed by atoms with Gasteiger partial charge in [0.15, 0.2) is 5.82 Å². The van der Waals surface area contributed by atoms with Crippen molar-refractivity contribution in [2.24, 2.45) is 5.92 Å². The maximum atomic E-state index is 3.94. The highest BCUT2D eigenvalue weighted by Gasteiger charge is 2.33. The number of aromatic nitrogens is 4. The van der Waals surface area contributed by atoms with Crippen molar-refractivity contribution in [3.8, 4) is 0 Å². The molecule has 3 aliphatic rings. The van der Waals surface area contributed by atoms with Gasteiger partial charge in [-0.1, -0.05) is 5.21 Å². The van der Waals surface area contributed by atoms with Crippen LogP contribution in [0.5, 0.6) is 0 Å². The monoisotopic (exact) mass is 208 g/mol. The number of fused-ring (bicyclic) bond motifs is 3. The van der Waals surface area contributed by atoms with E-state index in [4.69, 9.17) is 0 Å². The first-order valence-corrected chi connectivity index (χ1v) is 5.60. The fourth-order valence-electron chi connectivity index (χ4n) is 2.68. The second-order valence-electron chi connectivity index (χ2n) is 4.45. The number of hydrogen-bond acceptors (Lipinski definition) is 5. The van der Waals surface area contributed by atoms with Gasteiger partial charge >= 0.3 is 0 Å². The van der Waals surface area contributed by atoms with Crippen molar-refractivity contribution in [3.05, 3.63) is 5.82 Å². The Morgan fingerprint density at radius 3 is 2.87 bits per heavy atom. The third-order valence-electron chi connectivity index (χ3n) is 3.57. The summed E-state index contributed by atoms with van der Waals surface area (Å²) in [5.74, 6) is 1.60. The molecule has 0 aliphatic carbocycles. The van der Waals surface area contributed by atoms with Gasteiger partial charge in [0.1, 0.15) is 0 Å². The molecule has 0 aromatic carbocycles. The lowest BCUT2D eigenvalue weighted by Gasteiger charge is -2.45. The molecule has 3 aliphatic heterocycles. The zero-order chi connectivity index (χ0) is 10.1. The molecule has 1 atom stereocenters. The molecule has 0 amide bonds. The minimum Gasteiger partial charge on any atom is -0.305 e. The van der Waals surface area contributed by atoms with Crippen LogP contribution in [0.3, 0.4) is 0 Å². The number of nitrogens with zero attached hydrogens (tertiary/aromatic N) is 4. The fourth-order valence-corrected chi connectivity index (χ4v) is 2.68. The Morgan fingerprint density at radius 1 is 1.40 bits per heavy atom. The summed E-state index contributed by atoms with van der Waals surface area (Å²) in [7, 11) is 0. The van der Waals surface area contributed by atoms with Crippen LogP contribution in [0.25, 0.3) is 0 Å². The van der Waals surface area contributed by atoms with Crippen LogP contribution in [0, 0.1) is 5.92 Å². The van der Waals surface area contributed by atoms with Crippen molar-refractivity contribution < 1.29 is 0 Å². The zero-order valence-corrected chi connectivity index (χ0v) is 8.69. The molecule has 15 heavy (non-hydrogen) atoms. The Labute approximate surface area is 88.4 Å². The third kappa shape index (κ3) is 1.87. The van der Waals surface area contributed by atoms with Crippen LogP contribution in [-0.2, 0) is 6.54 Å². The van der Waals surface area contributed by atoms with Crippen LogP contribution in [0.1, 0.15) is 18.7 Å². The molecule has 1 aromatic rings. The second-order valence-corrected chi connectivity index (χ2v) is 4.45. The standard InChI is InChI=1S/C9H16N6/c1-3-15-4-2-7(1)8(6-15)10-5-9-11-13-14-12-9/h7-8,10H,1-6H2,(H,11,12,13,14). The number of rotatable bonds is 3. The van der Waals surface area contributed by atoms with Crippen LogP contribution < -0.4 is 5.32 Å². The first-order valence-electron chi connectivity index (χ1n) is 5.60. The first kappa shape index (κ1) is 9.23. The van der Waals surface area contributed by atoms with Crippen molar-refractivity contribution in [1.29, 1.82) is 0 Å². The first-order chi connectivity index (χ1) is 7.42. The molecular formula is C9H16N6. The Bertz CT molecular complexity index is 302. The molecule has 6 nitrogen and oxygen atoms in total. The Hall–Kier alpha value is -1.01. The maximum Gasteiger partial charge on any atom is 0.188 e. The van der Waals surface area contributed by atoms with Crippen molar-refractivity contribution in [2.75, 3.05) is 19.6 Å². The van der Waals surface area contributed by atoms with Gasteiger partial charge in [-0.05, 0) is 31.8 Å². The predicted octanol–water partition coefficient (Wildman–Crippen LogP) is -0.616. The van der Waals surface area contributed by atoms with E-state index >= 15 is 0 Å². The van der Waals surface area contributed by atoms with Gasteiger partial charge < -0.3 is 10.2 Å². The molecule has 1 aromatic heterocycles. The number of hydrogen-bond donors (Lipinski definition) is 2. The van der Waals surface area contributed by atoms with E-state index in [1.54, 1.807) is 0 Å². The highest BCUT2D eigenvalue weighted by Crippen LogP contribution is 2.27. The van der Waals surface area contributed by atoms with E-state index in [1.807, 2.05) is 0 Å². The average Bonchev–Trinajstić information content (AvgIpc) is 2.81. The summed E-state index contributed by atoms with van der Waals surface area (Å²) in [6, 6.07) is 0.617. The predicted molar refractivity (Wildman–Crippen MR) is 54.0 cm³/mol. The van der Waals surface area contributed by atoms with Crippen molar-refractivity contribution in [3.63, 3.8) is 0 Å². The Balaban J connectivity index is 1.55. The quantitative estimate of drug-likeness (QED) is 0.693. The summed E-state index contributed by atoms with van der Waals surface area (Å²) in [4.78, 5) is 2.54. The van der Waals surface area contributed by atoms with Crippen LogP contribution in [0.2, 0.25) is 0 Å². The molecule has 6 heteroatoms. The number of piperidine rings is 3. The van der Waals surface area contributed by atoms with Gasteiger partial charge in [0.2, 0.25) is 0 Å². The lowest BCUT2D eigenvalue weighted by atomic mass is 9.84. The smallest absolute Gasteiger partial charge is 0.188 e. The van der Waals surface area contributed by atoms with Gasteiger partial charge in [-0.15, -0.1) is 10.2 Å². The van der Waals surface area contributed by atoms with Crippen molar-refractivity contribution in [2.45, 2.75) is 25.4 Å². The van der Waals surface area contributed by atoms with Crippen LogP contribution in [0.15, 0.2) is 0 Å². The van der Waals surface area contributed by atoms with Gasteiger partial charge in [0.25, 0.3) is 0 Å². The number of aromatic amines is 1. The summed E-state index contributed by atoms with van der Waals surface area (Å²) in [5, 5.41) is 17.4. The minimum atomic E-state index is 0.617. The highest BCUT2D eigenvalue weighted by molar-refractivity contribution is 4.91. The topological polar surface area (TPSA) is 69.7 Å². The number of H-pyrrole nitrogens is 1. The number of nitrogens with one attached hydrogen (secondary N) is 2. The lowest BCUT2D eigenvalue weighted by molar-refractivity contribution is 0.0717. The SMILES string of the molecule is C(NC1CN2CCC1CC2)c1nn[nH]n1. The number of tetrazole rings is 1. The Kier molecular flexibility index (Phi) is 2.38. The molecule has 1 unspecified atom stereocenters. The summed E-state index contributed by atoms with van der Waals surface area (Å²) in [5.41, 5.74) is 0. The molecule has 3 saturated heterocycles. The molecule has 0 radical (unpaired) electrons. The van der Waals surface area contributed by atoms with E-state index < -0.39 is 0 Å². The van der Waals surface area contributed by atoms with Gasteiger partial charge in [-0.3, -0.25) is 0 Å². The molecule has 2 N–H and O–H groups in total. The molecule has 4 heterocycles. The summed E-state index contributed by atoms with van der Waals surface area (Å²) in [6.07, 6.45) is 2.67. The van der Waals surface area contributed by atoms with Crippen molar-refractivity contribution >= 4 is 0 Å². The summed E-state index contributed by atoms with van der Waals surface area (Å²) >= 11 is 0. The van der Waals surface area contributed by atoms with E-state index in [2.05, 4.69) is 30.8 Å². The maximum absolute atomic E-state index is 3.94. The fraction of sp³-hybridized carbons (Fsp3) is 0.889. The highest BCUT2D eigenvalue weighted by atomic mass is 15.5. The zero-order valence-electron chi connectivity index (χ0n) is 8.69. The van der Waals surface area contributed by atoms with Gasteiger partial charge in [0, 0.05) is 12.6 Å². The van der Waals surface area contributed by atoms with E-state index in [0.717, 1.165) is 18.3 Å². The van der Waals surface area contributed by atoms with Crippen LogP contribution in [-0.4, -0.2) is 51.2 Å². The van der Waals surface area contributed by atoms with E-state index in [0.29, 0.717) is 6.04 Å². The molecule has 3 fully saturated rings. The van der Waals surface area contributed by atoms with Crippen LogP contribution >= 0.6 is 0 Å². The Morgan fingerprint density at radius 2 is 2.27 bits per heavy atom. The van der Waals surface area contributed by atoms with Crippen LogP contribution in [0.4, 0.5) is 0 Å². The third-order valence-corrected chi connectivity index (χ3v) is 3.57. The second kappa shape index (κ2) is 3.86. The molecule has 0 saturated carbocycles. The van der Waals surface area contributed by atoms with Gasteiger partial charge in [0.05, 0.1) is 6.54 Å². The van der Waals surface area contributed by atoms with E-state index in [-0.39, 0.29) is 0 Å². The minimum absolute atomic E-state index is 0.617. The molecular weight excluding hydrogens is 192 g/mol. The summed E-state index contributed by atoms with van der Waals surface area (Å²) in [6.45, 7) is 4.48. The average molecular weight is 208 g/mol. The van der Waals surface area contributed by atoms with E-state index in [1.165, 1.54) is 32.5 Å². The van der Waals surface area contributed by atoms with Gasteiger partial charge in [-0.25, -0.2) is 0 Å². The van der Waals surface area contributed by atoms with E-state index in [9.17, 15) is 0 Å². The molecule has 82 valence electrons. The summed E-state index contributed by atoms with van der Waals surface area (Å²) < 4.78 is 0.